The molecule has 8 heteroatoms. The zero-order valence-electron chi connectivity index (χ0n) is 13.2. The summed E-state index contributed by atoms with van der Waals surface area (Å²) in [5.74, 6) is 6.07. The normalized spacial score (nSPS) is 13.0. The first-order valence-electron chi connectivity index (χ1n) is 7.33. The summed E-state index contributed by atoms with van der Waals surface area (Å²) in [6.07, 6.45) is -1.21. The maximum atomic E-state index is 12.4. The van der Waals surface area contributed by atoms with E-state index >= 15 is 0 Å². The standard InChI is InChI=1S/C17H15ClN4O3/c1-25-11-5-2-9(3-6-11)16(23)14(22-19)15-17(24)21-13-8-10(18)4-7-12(13)20-15/h2-8,16,23H,19H2,1H3,(H,21,24). The number of H-pyrrole nitrogens is 1. The number of hydrogen-bond donors (Lipinski definition) is 3. The molecule has 1 unspecified atom stereocenters. The molecule has 3 rings (SSSR count). The summed E-state index contributed by atoms with van der Waals surface area (Å²) in [6, 6.07) is 11.6. The van der Waals surface area contributed by atoms with Crippen LogP contribution in [-0.4, -0.2) is 27.9 Å². The van der Waals surface area contributed by atoms with Crippen LogP contribution >= 0.6 is 11.6 Å². The van der Waals surface area contributed by atoms with Crippen molar-refractivity contribution in [2.24, 2.45) is 10.9 Å². The minimum atomic E-state index is -1.21. The molecule has 25 heavy (non-hydrogen) atoms. The van der Waals surface area contributed by atoms with Gasteiger partial charge in [0.15, 0.2) is 5.69 Å². The fourth-order valence-corrected chi connectivity index (χ4v) is 2.61. The summed E-state index contributed by atoms with van der Waals surface area (Å²) in [6.45, 7) is 0. The fraction of sp³-hybridized carbons (Fsp3) is 0.118. The number of aliphatic hydroxyl groups is 1. The molecule has 0 aliphatic rings. The van der Waals surface area contributed by atoms with Gasteiger partial charge in [0.05, 0.1) is 18.1 Å². The highest BCUT2D eigenvalue weighted by Gasteiger charge is 2.22. The number of rotatable bonds is 4. The summed E-state index contributed by atoms with van der Waals surface area (Å²) in [5.41, 5.74) is 0.872. The number of methoxy groups -OCH3 is 1. The van der Waals surface area contributed by atoms with Crippen molar-refractivity contribution < 1.29 is 9.84 Å². The van der Waals surface area contributed by atoms with E-state index in [1.165, 1.54) is 0 Å². The van der Waals surface area contributed by atoms with E-state index in [-0.39, 0.29) is 11.4 Å². The van der Waals surface area contributed by atoms with Crippen LogP contribution in [0.5, 0.6) is 5.75 Å². The molecule has 0 radical (unpaired) electrons. The van der Waals surface area contributed by atoms with Gasteiger partial charge in [-0.15, -0.1) is 0 Å². The van der Waals surface area contributed by atoms with Crippen molar-refractivity contribution >= 4 is 28.3 Å². The second-order valence-corrected chi connectivity index (χ2v) is 5.70. The number of nitrogens with zero attached hydrogens (tertiary/aromatic N) is 2. The molecule has 3 aromatic rings. The van der Waals surface area contributed by atoms with E-state index in [1.807, 2.05) is 0 Å². The van der Waals surface area contributed by atoms with E-state index in [4.69, 9.17) is 22.2 Å². The third-order valence-electron chi connectivity index (χ3n) is 3.73. The Hall–Kier alpha value is -2.90. The maximum absolute atomic E-state index is 12.4. The lowest BCUT2D eigenvalue weighted by Gasteiger charge is -2.13. The van der Waals surface area contributed by atoms with Gasteiger partial charge in [-0.25, -0.2) is 4.98 Å². The minimum absolute atomic E-state index is 0.0386. The molecule has 1 aromatic heterocycles. The lowest BCUT2D eigenvalue weighted by Crippen LogP contribution is -2.26. The molecule has 0 amide bonds. The Morgan fingerprint density at radius 2 is 2.04 bits per heavy atom. The molecule has 0 bridgehead atoms. The van der Waals surface area contributed by atoms with Crippen molar-refractivity contribution in [3.8, 4) is 5.75 Å². The smallest absolute Gasteiger partial charge is 0.276 e. The second kappa shape index (κ2) is 6.92. The van der Waals surface area contributed by atoms with Gasteiger partial charge in [-0.05, 0) is 35.9 Å². The molecule has 0 aliphatic carbocycles. The lowest BCUT2D eigenvalue weighted by atomic mass is 10.0. The number of hydrazone groups is 1. The summed E-state index contributed by atoms with van der Waals surface area (Å²) < 4.78 is 5.08. The van der Waals surface area contributed by atoms with Crippen LogP contribution in [-0.2, 0) is 0 Å². The number of halogens is 1. The first-order chi connectivity index (χ1) is 12.0. The van der Waals surface area contributed by atoms with Crippen molar-refractivity contribution in [1.82, 2.24) is 9.97 Å². The van der Waals surface area contributed by atoms with Crippen LogP contribution in [0.2, 0.25) is 5.02 Å². The highest BCUT2D eigenvalue weighted by atomic mass is 35.5. The summed E-state index contributed by atoms with van der Waals surface area (Å²) in [7, 11) is 1.54. The Morgan fingerprint density at radius 3 is 2.68 bits per heavy atom. The van der Waals surface area contributed by atoms with Gasteiger partial charge in [-0.1, -0.05) is 23.7 Å². The molecule has 0 saturated heterocycles. The number of nitrogens with one attached hydrogen (secondary N) is 1. The molecule has 0 aliphatic heterocycles. The molecule has 2 aromatic carbocycles. The highest BCUT2D eigenvalue weighted by Crippen LogP contribution is 2.21. The molecular weight excluding hydrogens is 344 g/mol. The average molecular weight is 359 g/mol. The Kier molecular flexibility index (Phi) is 4.69. The van der Waals surface area contributed by atoms with Gasteiger partial charge < -0.3 is 20.7 Å². The third-order valence-corrected chi connectivity index (χ3v) is 3.96. The highest BCUT2D eigenvalue weighted by molar-refractivity contribution is 6.31. The van der Waals surface area contributed by atoms with Crippen LogP contribution < -0.4 is 16.1 Å². The predicted octanol–water partition coefficient (Wildman–Crippen LogP) is 1.98. The van der Waals surface area contributed by atoms with Gasteiger partial charge >= 0.3 is 0 Å². The molecule has 1 atom stereocenters. The number of benzene rings is 2. The Balaban J connectivity index is 2.05. The average Bonchev–Trinajstić information content (AvgIpc) is 2.62. The van der Waals surface area contributed by atoms with E-state index in [9.17, 15) is 9.90 Å². The molecule has 0 fully saturated rings. The second-order valence-electron chi connectivity index (χ2n) is 5.27. The van der Waals surface area contributed by atoms with E-state index in [1.54, 1.807) is 49.6 Å². The molecule has 128 valence electrons. The van der Waals surface area contributed by atoms with Crippen LogP contribution in [0.1, 0.15) is 17.4 Å². The van der Waals surface area contributed by atoms with Crippen LogP contribution in [0.4, 0.5) is 0 Å². The summed E-state index contributed by atoms with van der Waals surface area (Å²) >= 11 is 5.91. The summed E-state index contributed by atoms with van der Waals surface area (Å²) in [5, 5.41) is 14.6. The number of nitrogens with two attached hydrogens (primary N) is 1. The van der Waals surface area contributed by atoms with Crippen molar-refractivity contribution in [3.05, 3.63) is 69.1 Å². The molecule has 1 heterocycles. The third kappa shape index (κ3) is 3.33. The maximum Gasteiger partial charge on any atom is 0.276 e. The summed E-state index contributed by atoms with van der Waals surface area (Å²) in [4.78, 5) is 19.3. The first-order valence-corrected chi connectivity index (χ1v) is 7.71. The lowest BCUT2D eigenvalue weighted by molar-refractivity contribution is 0.247. The largest absolute Gasteiger partial charge is 0.497 e. The Morgan fingerprint density at radius 1 is 1.32 bits per heavy atom. The number of aromatic amines is 1. The van der Waals surface area contributed by atoms with Crippen molar-refractivity contribution in [1.29, 1.82) is 0 Å². The molecule has 0 saturated carbocycles. The van der Waals surface area contributed by atoms with Gasteiger partial charge in [-0.2, -0.15) is 5.10 Å². The predicted molar refractivity (Wildman–Crippen MR) is 96.1 cm³/mol. The Labute approximate surface area is 147 Å². The minimum Gasteiger partial charge on any atom is -0.497 e. The molecule has 0 spiro atoms. The number of ether oxygens (including phenoxy) is 1. The number of fused-ring (bicyclic) bond motifs is 1. The zero-order chi connectivity index (χ0) is 18.0. The quantitative estimate of drug-likeness (QED) is 0.375. The van der Waals surface area contributed by atoms with Gasteiger partial charge in [-0.3, -0.25) is 4.79 Å². The molecule has 7 nitrogen and oxygen atoms in total. The van der Waals surface area contributed by atoms with Crippen molar-refractivity contribution in [3.63, 3.8) is 0 Å². The molecule has 4 N–H and O–H groups in total. The number of aliphatic hydroxyl groups excluding tert-OH is 1. The van der Waals surface area contributed by atoms with Crippen LogP contribution in [0.15, 0.2) is 52.4 Å². The Bertz CT molecular complexity index is 999. The van der Waals surface area contributed by atoms with Gasteiger partial charge in [0.25, 0.3) is 5.56 Å². The topological polar surface area (TPSA) is 114 Å². The van der Waals surface area contributed by atoms with E-state index in [2.05, 4.69) is 15.1 Å². The fourth-order valence-electron chi connectivity index (χ4n) is 2.44. The molecular formula is C17H15ClN4O3. The van der Waals surface area contributed by atoms with E-state index in [0.29, 0.717) is 27.4 Å². The van der Waals surface area contributed by atoms with Gasteiger partial charge in [0.1, 0.15) is 17.6 Å². The SMILES string of the molecule is COc1ccc(C(O)C(=NN)c2nc3ccc(Cl)cc3[nH]c2=O)cc1. The van der Waals surface area contributed by atoms with E-state index in [0.717, 1.165) is 0 Å². The van der Waals surface area contributed by atoms with Crippen LogP contribution in [0, 0.1) is 0 Å². The van der Waals surface area contributed by atoms with Crippen molar-refractivity contribution in [2.75, 3.05) is 7.11 Å². The monoisotopic (exact) mass is 358 g/mol. The van der Waals surface area contributed by atoms with Crippen molar-refractivity contribution in [2.45, 2.75) is 6.10 Å². The number of aromatic nitrogens is 2. The van der Waals surface area contributed by atoms with Gasteiger partial charge in [0, 0.05) is 5.02 Å². The van der Waals surface area contributed by atoms with Crippen LogP contribution in [0.25, 0.3) is 11.0 Å². The van der Waals surface area contributed by atoms with Crippen LogP contribution in [0.3, 0.4) is 0 Å². The first kappa shape index (κ1) is 16.9. The van der Waals surface area contributed by atoms with Gasteiger partial charge in [0.2, 0.25) is 0 Å². The zero-order valence-corrected chi connectivity index (χ0v) is 14.0. The number of hydrogen-bond acceptors (Lipinski definition) is 6. The van der Waals surface area contributed by atoms with E-state index < -0.39 is 11.7 Å².